The van der Waals surface area contributed by atoms with Crippen LogP contribution in [-0.4, -0.2) is 25.1 Å². The fourth-order valence-corrected chi connectivity index (χ4v) is 1.85. The summed E-state index contributed by atoms with van der Waals surface area (Å²) < 4.78 is 10.4. The Morgan fingerprint density at radius 2 is 1.62 bits per heavy atom. The first kappa shape index (κ1) is 15.3. The average Bonchev–Trinajstić information content (AvgIpc) is 2.56. The van der Waals surface area contributed by atoms with Crippen LogP contribution in [0.25, 0.3) is 0 Å². The molecule has 0 aliphatic rings. The minimum absolute atomic E-state index is 0.0814. The summed E-state index contributed by atoms with van der Waals surface area (Å²) in [4.78, 5) is 0. The fraction of sp³-hybridized carbons (Fsp3) is 0.222. The second kappa shape index (κ2) is 8.23. The van der Waals surface area contributed by atoms with Gasteiger partial charge in [0.05, 0.1) is 0 Å². The zero-order valence-corrected chi connectivity index (χ0v) is 11.9. The van der Waals surface area contributed by atoms with E-state index in [0.717, 1.165) is 11.1 Å². The van der Waals surface area contributed by atoms with Crippen LogP contribution < -0.4 is 0 Å². The minimum Gasteiger partial charge on any atom is -0.385 e. The summed E-state index contributed by atoms with van der Waals surface area (Å²) in [7, 11) is 1.54. The van der Waals surface area contributed by atoms with Crippen LogP contribution >= 0.6 is 0 Å². The van der Waals surface area contributed by atoms with Crippen LogP contribution in [0.15, 0.2) is 60.7 Å². The third-order valence-corrected chi connectivity index (χ3v) is 2.93. The van der Waals surface area contributed by atoms with Gasteiger partial charge < -0.3 is 14.6 Å². The molecular weight excluding hydrogens is 264 g/mol. The Morgan fingerprint density at radius 1 is 1.00 bits per heavy atom. The smallest absolute Gasteiger partial charge is 0.151 e. The van der Waals surface area contributed by atoms with E-state index in [2.05, 4.69) is 11.8 Å². The molecule has 3 heteroatoms. The largest absolute Gasteiger partial charge is 0.385 e. The molecule has 0 amide bonds. The van der Waals surface area contributed by atoms with Crippen LogP contribution in [-0.2, 0) is 9.47 Å². The fourth-order valence-electron chi connectivity index (χ4n) is 1.85. The molecule has 1 N–H and O–H groups in total. The number of hydrogen-bond acceptors (Lipinski definition) is 3. The Hall–Kier alpha value is -2.12. The first-order chi connectivity index (χ1) is 10.3. The molecule has 2 unspecified atom stereocenters. The number of ether oxygens (including phenoxy) is 2. The minimum atomic E-state index is -0.822. The van der Waals surface area contributed by atoms with Crippen molar-refractivity contribution in [3.05, 3.63) is 71.8 Å². The highest BCUT2D eigenvalue weighted by atomic mass is 16.7. The van der Waals surface area contributed by atoms with Crippen molar-refractivity contribution in [2.24, 2.45) is 0 Å². The summed E-state index contributed by atoms with van der Waals surface area (Å²) in [6.45, 7) is 0.0814. The Labute approximate surface area is 125 Å². The summed E-state index contributed by atoms with van der Waals surface area (Å²) in [5.41, 5.74) is 1.64. The molecule has 21 heavy (non-hydrogen) atoms. The SMILES string of the molecule is COCOC(C#Cc1ccccc1)C(O)c1ccccc1. The lowest BCUT2D eigenvalue weighted by Gasteiger charge is -2.18. The number of benzene rings is 2. The average molecular weight is 282 g/mol. The molecule has 0 aliphatic heterocycles. The van der Waals surface area contributed by atoms with E-state index < -0.39 is 12.2 Å². The van der Waals surface area contributed by atoms with Gasteiger partial charge in [0.25, 0.3) is 0 Å². The van der Waals surface area contributed by atoms with Gasteiger partial charge in [0.2, 0.25) is 0 Å². The van der Waals surface area contributed by atoms with E-state index in [1.807, 2.05) is 60.7 Å². The van der Waals surface area contributed by atoms with Gasteiger partial charge in [0.1, 0.15) is 12.9 Å². The van der Waals surface area contributed by atoms with Gasteiger partial charge in [-0.05, 0) is 17.7 Å². The second-order valence-electron chi connectivity index (χ2n) is 4.48. The van der Waals surface area contributed by atoms with Crippen LogP contribution in [0.4, 0.5) is 0 Å². The maximum Gasteiger partial charge on any atom is 0.151 e. The molecule has 0 saturated carbocycles. The highest BCUT2D eigenvalue weighted by molar-refractivity contribution is 5.35. The molecule has 2 rings (SSSR count). The lowest BCUT2D eigenvalue weighted by Crippen LogP contribution is -2.21. The topological polar surface area (TPSA) is 38.7 Å². The quantitative estimate of drug-likeness (QED) is 0.677. The van der Waals surface area contributed by atoms with Gasteiger partial charge >= 0.3 is 0 Å². The van der Waals surface area contributed by atoms with E-state index in [1.54, 1.807) is 0 Å². The van der Waals surface area contributed by atoms with Crippen LogP contribution in [0.5, 0.6) is 0 Å². The van der Waals surface area contributed by atoms with E-state index in [0.29, 0.717) is 0 Å². The molecule has 2 aromatic carbocycles. The maximum atomic E-state index is 10.4. The van der Waals surface area contributed by atoms with Crippen LogP contribution in [0.3, 0.4) is 0 Å². The van der Waals surface area contributed by atoms with Gasteiger partial charge in [-0.25, -0.2) is 0 Å². The predicted molar refractivity (Wildman–Crippen MR) is 81.5 cm³/mol. The molecule has 3 nitrogen and oxygen atoms in total. The van der Waals surface area contributed by atoms with Gasteiger partial charge in [0.15, 0.2) is 6.10 Å². The van der Waals surface area contributed by atoms with Gasteiger partial charge in [0, 0.05) is 12.7 Å². The molecule has 0 spiro atoms. The third kappa shape index (κ3) is 4.73. The predicted octanol–water partition coefficient (Wildman–Crippen LogP) is 2.76. The number of aliphatic hydroxyl groups excluding tert-OH is 1. The van der Waals surface area contributed by atoms with Crippen LogP contribution in [0.1, 0.15) is 17.2 Å². The Kier molecular flexibility index (Phi) is 5.99. The second-order valence-corrected chi connectivity index (χ2v) is 4.48. The Morgan fingerprint density at radius 3 is 2.24 bits per heavy atom. The van der Waals surface area contributed by atoms with Crippen molar-refractivity contribution in [2.75, 3.05) is 13.9 Å². The van der Waals surface area contributed by atoms with E-state index >= 15 is 0 Å². The molecule has 2 atom stereocenters. The zero-order valence-electron chi connectivity index (χ0n) is 11.9. The van der Waals surface area contributed by atoms with Crippen LogP contribution in [0, 0.1) is 11.8 Å². The van der Waals surface area contributed by atoms with Crippen molar-refractivity contribution in [1.82, 2.24) is 0 Å². The van der Waals surface area contributed by atoms with E-state index in [1.165, 1.54) is 7.11 Å². The molecule has 0 aliphatic carbocycles. The highest BCUT2D eigenvalue weighted by Crippen LogP contribution is 2.18. The Balaban J connectivity index is 2.16. The zero-order chi connectivity index (χ0) is 14.9. The first-order valence-electron chi connectivity index (χ1n) is 6.71. The summed E-state index contributed by atoms with van der Waals surface area (Å²) in [5, 5.41) is 10.4. The highest BCUT2D eigenvalue weighted by Gasteiger charge is 2.19. The lowest BCUT2D eigenvalue weighted by atomic mass is 10.0. The molecule has 0 fully saturated rings. The first-order valence-corrected chi connectivity index (χ1v) is 6.71. The van der Waals surface area contributed by atoms with Gasteiger partial charge in [-0.3, -0.25) is 0 Å². The van der Waals surface area contributed by atoms with Crippen molar-refractivity contribution in [3.63, 3.8) is 0 Å². The summed E-state index contributed by atoms with van der Waals surface area (Å²) in [6, 6.07) is 18.9. The number of methoxy groups -OCH3 is 1. The number of aliphatic hydroxyl groups is 1. The Bertz CT molecular complexity index is 584. The molecule has 2 aromatic rings. The molecular formula is C18H18O3. The number of rotatable bonds is 5. The van der Waals surface area contributed by atoms with Crippen molar-refractivity contribution in [1.29, 1.82) is 0 Å². The van der Waals surface area contributed by atoms with Crippen molar-refractivity contribution in [2.45, 2.75) is 12.2 Å². The van der Waals surface area contributed by atoms with Gasteiger partial charge in [-0.2, -0.15) is 0 Å². The molecule has 0 aromatic heterocycles. The van der Waals surface area contributed by atoms with Gasteiger partial charge in [-0.1, -0.05) is 60.4 Å². The van der Waals surface area contributed by atoms with Gasteiger partial charge in [-0.15, -0.1) is 0 Å². The monoisotopic (exact) mass is 282 g/mol. The normalized spacial score (nSPS) is 13.0. The molecule has 0 bridgehead atoms. The summed E-state index contributed by atoms with van der Waals surface area (Å²) >= 11 is 0. The van der Waals surface area contributed by atoms with Crippen LogP contribution in [0.2, 0.25) is 0 Å². The van der Waals surface area contributed by atoms with Crippen molar-refractivity contribution < 1.29 is 14.6 Å². The molecule has 0 saturated heterocycles. The third-order valence-electron chi connectivity index (χ3n) is 2.93. The maximum absolute atomic E-state index is 10.4. The number of hydrogen-bond donors (Lipinski definition) is 1. The molecule has 0 radical (unpaired) electrons. The van der Waals surface area contributed by atoms with Crippen molar-refractivity contribution >= 4 is 0 Å². The summed E-state index contributed by atoms with van der Waals surface area (Å²) in [5.74, 6) is 5.98. The molecule has 0 heterocycles. The summed E-state index contributed by atoms with van der Waals surface area (Å²) in [6.07, 6.45) is -1.47. The van der Waals surface area contributed by atoms with E-state index in [9.17, 15) is 5.11 Å². The lowest BCUT2D eigenvalue weighted by molar-refractivity contribution is -0.0904. The van der Waals surface area contributed by atoms with E-state index in [-0.39, 0.29) is 6.79 Å². The van der Waals surface area contributed by atoms with E-state index in [4.69, 9.17) is 9.47 Å². The molecule has 108 valence electrons. The van der Waals surface area contributed by atoms with Crippen molar-refractivity contribution in [3.8, 4) is 11.8 Å². The standard InChI is InChI=1S/C18H18O3/c1-20-14-21-17(13-12-15-8-4-2-5-9-15)18(19)16-10-6-3-7-11-16/h2-11,17-19H,14H2,1H3.